The highest BCUT2D eigenvalue weighted by molar-refractivity contribution is 7.98. The molecule has 0 radical (unpaired) electrons. The molecular weight excluding hydrogens is 158 g/mol. The predicted octanol–water partition coefficient (Wildman–Crippen LogP) is 1.10. The molecule has 0 amide bonds. The third-order valence-electron chi connectivity index (χ3n) is 1.52. The molecule has 0 aliphatic heterocycles. The van der Waals surface area contributed by atoms with Gasteiger partial charge in [0.1, 0.15) is 0 Å². The van der Waals surface area contributed by atoms with Crippen LogP contribution in [0.3, 0.4) is 0 Å². The summed E-state index contributed by atoms with van der Waals surface area (Å²) in [4.78, 5) is 0. The highest BCUT2D eigenvalue weighted by Crippen LogP contribution is 1.99. The van der Waals surface area contributed by atoms with E-state index >= 15 is 0 Å². The second-order valence-corrected chi connectivity index (χ2v) is 3.93. The Morgan fingerprint density at radius 2 is 2.09 bits per heavy atom. The lowest BCUT2D eigenvalue weighted by molar-refractivity contribution is 0.187. The van der Waals surface area contributed by atoms with Gasteiger partial charge >= 0.3 is 0 Å². The van der Waals surface area contributed by atoms with E-state index in [0.717, 1.165) is 0 Å². The highest BCUT2D eigenvalue weighted by Gasteiger charge is 2.01. The molecule has 2 N–H and O–H groups in total. The lowest BCUT2D eigenvalue weighted by atomic mass is 10.2. The molecule has 0 bridgehead atoms. The van der Waals surface area contributed by atoms with E-state index in [4.69, 9.17) is 5.11 Å². The highest BCUT2D eigenvalue weighted by atomic mass is 32.2. The van der Waals surface area contributed by atoms with Gasteiger partial charge in [0.2, 0.25) is 0 Å². The van der Waals surface area contributed by atoms with Gasteiger partial charge in [0, 0.05) is 12.6 Å². The molecule has 0 aliphatic carbocycles. The summed E-state index contributed by atoms with van der Waals surface area (Å²) in [6.45, 7) is 4.66. The minimum Gasteiger partial charge on any atom is -0.392 e. The summed E-state index contributed by atoms with van der Waals surface area (Å²) in [5, 5.41) is 12.2. The van der Waals surface area contributed by atoms with Gasteiger partial charge in [0.05, 0.1) is 6.10 Å². The number of aliphatic hydroxyl groups is 1. The standard InChI is InChI=1S/C8H19NOS/c1-7(4-5-11-3)9-6-8(2)10/h7-10H,4-6H2,1-3H3/t7?,8-/m1/s1. The van der Waals surface area contributed by atoms with E-state index in [1.54, 1.807) is 6.92 Å². The molecule has 0 aromatic heterocycles. The lowest BCUT2D eigenvalue weighted by Gasteiger charge is -2.13. The predicted molar refractivity (Wildman–Crippen MR) is 52.1 cm³/mol. The number of rotatable bonds is 6. The number of hydrogen-bond donors (Lipinski definition) is 2. The van der Waals surface area contributed by atoms with Crippen LogP contribution in [0.5, 0.6) is 0 Å². The first kappa shape index (κ1) is 11.3. The summed E-state index contributed by atoms with van der Waals surface area (Å²) < 4.78 is 0. The van der Waals surface area contributed by atoms with Crippen LogP contribution in [-0.4, -0.2) is 35.8 Å². The summed E-state index contributed by atoms with van der Waals surface area (Å²) in [6.07, 6.45) is 3.06. The third-order valence-corrected chi connectivity index (χ3v) is 2.16. The molecule has 0 aromatic rings. The molecule has 0 fully saturated rings. The Bertz CT molecular complexity index is 88.2. The first-order chi connectivity index (χ1) is 5.16. The van der Waals surface area contributed by atoms with Crippen LogP contribution in [0.25, 0.3) is 0 Å². The maximum absolute atomic E-state index is 8.96. The molecule has 68 valence electrons. The van der Waals surface area contributed by atoms with Gasteiger partial charge in [-0.2, -0.15) is 11.8 Å². The summed E-state index contributed by atoms with van der Waals surface area (Å²) in [7, 11) is 0. The Kier molecular flexibility index (Phi) is 7.12. The average molecular weight is 177 g/mol. The Hall–Kier alpha value is 0.270. The topological polar surface area (TPSA) is 32.3 Å². The Balaban J connectivity index is 3.15. The molecule has 0 heterocycles. The number of thioether (sulfide) groups is 1. The summed E-state index contributed by atoms with van der Waals surface area (Å²) in [6, 6.07) is 0.525. The molecule has 1 unspecified atom stereocenters. The van der Waals surface area contributed by atoms with Gasteiger partial charge in [-0.1, -0.05) is 0 Å². The molecular formula is C8H19NOS. The maximum atomic E-state index is 8.96. The van der Waals surface area contributed by atoms with Crippen molar-refractivity contribution in [2.45, 2.75) is 32.4 Å². The second-order valence-electron chi connectivity index (χ2n) is 2.94. The molecule has 2 nitrogen and oxygen atoms in total. The Morgan fingerprint density at radius 1 is 1.45 bits per heavy atom. The summed E-state index contributed by atoms with van der Waals surface area (Å²) >= 11 is 1.86. The average Bonchev–Trinajstić information content (AvgIpc) is 1.97. The van der Waals surface area contributed by atoms with Crippen molar-refractivity contribution in [1.29, 1.82) is 0 Å². The van der Waals surface area contributed by atoms with Crippen LogP contribution < -0.4 is 5.32 Å². The van der Waals surface area contributed by atoms with Crippen molar-refractivity contribution in [3.8, 4) is 0 Å². The van der Waals surface area contributed by atoms with E-state index in [0.29, 0.717) is 12.6 Å². The SMILES string of the molecule is CSCCC(C)NC[C@@H](C)O. The van der Waals surface area contributed by atoms with Crippen LogP contribution >= 0.6 is 11.8 Å². The fourth-order valence-electron chi connectivity index (χ4n) is 0.768. The Labute approximate surface area is 73.8 Å². The zero-order valence-electron chi connectivity index (χ0n) is 7.63. The van der Waals surface area contributed by atoms with Gasteiger partial charge < -0.3 is 10.4 Å². The van der Waals surface area contributed by atoms with Gasteiger partial charge in [-0.3, -0.25) is 0 Å². The number of aliphatic hydroxyl groups excluding tert-OH is 1. The molecule has 0 saturated heterocycles. The van der Waals surface area contributed by atoms with Gasteiger partial charge in [0.15, 0.2) is 0 Å². The Morgan fingerprint density at radius 3 is 2.55 bits per heavy atom. The van der Waals surface area contributed by atoms with Crippen molar-refractivity contribution in [2.75, 3.05) is 18.6 Å². The molecule has 0 saturated carbocycles. The molecule has 0 aliphatic rings. The molecule has 11 heavy (non-hydrogen) atoms. The molecule has 0 rings (SSSR count). The molecule has 0 aromatic carbocycles. The first-order valence-electron chi connectivity index (χ1n) is 4.07. The van der Waals surface area contributed by atoms with Gasteiger partial charge in [-0.05, 0) is 32.3 Å². The third kappa shape index (κ3) is 8.17. The van der Waals surface area contributed by atoms with Crippen molar-refractivity contribution < 1.29 is 5.11 Å². The minimum absolute atomic E-state index is 0.230. The number of nitrogens with one attached hydrogen (secondary N) is 1. The monoisotopic (exact) mass is 177 g/mol. The lowest BCUT2D eigenvalue weighted by Crippen LogP contribution is -2.32. The molecule has 2 atom stereocenters. The van der Waals surface area contributed by atoms with E-state index < -0.39 is 0 Å². The summed E-state index contributed by atoms with van der Waals surface area (Å²) in [5.41, 5.74) is 0. The van der Waals surface area contributed by atoms with Crippen LogP contribution in [0.15, 0.2) is 0 Å². The minimum atomic E-state index is -0.230. The molecule has 0 spiro atoms. The van der Waals surface area contributed by atoms with Crippen LogP contribution in [0.1, 0.15) is 20.3 Å². The summed E-state index contributed by atoms with van der Waals surface area (Å²) in [5.74, 6) is 1.19. The zero-order valence-corrected chi connectivity index (χ0v) is 8.45. The van der Waals surface area contributed by atoms with Gasteiger partial charge in [-0.25, -0.2) is 0 Å². The van der Waals surface area contributed by atoms with Crippen LogP contribution in [-0.2, 0) is 0 Å². The smallest absolute Gasteiger partial charge is 0.0636 e. The fourth-order valence-corrected chi connectivity index (χ4v) is 1.36. The fraction of sp³-hybridized carbons (Fsp3) is 1.00. The van der Waals surface area contributed by atoms with E-state index in [1.165, 1.54) is 12.2 Å². The van der Waals surface area contributed by atoms with Crippen LogP contribution in [0, 0.1) is 0 Å². The zero-order chi connectivity index (χ0) is 8.69. The largest absolute Gasteiger partial charge is 0.392 e. The van der Waals surface area contributed by atoms with Crippen molar-refractivity contribution in [2.24, 2.45) is 0 Å². The van der Waals surface area contributed by atoms with Gasteiger partial charge in [-0.15, -0.1) is 0 Å². The van der Waals surface area contributed by atoms with Crippen molar-refractivity contribution in [1.82, 2.24) is 5.32 Å². The van der Waals surface area contributed by atoms with Crippen molar-refractivity contribution >= 4 is 11.8 Å². The van der Waals surface area contributed by atoms with Crippen LogP contribution in [0.4, 0.5) is 0 Å². The van der Waals surface area contributed by atoms with Crippen molar-refractivity contribution in [3.05, 3.63) is 0 Å². The normalized spacial score (nSPS) is 16.4. The second kappa shape index (κ2) is 6.95. The van der Waals surface area contributed by atoms with Gasteiger partial charge in [0.25, 0.3) is 0 Å². The van der Waals surface area contributed by atoms with E-state index in [2.05, 4.69) is 18.5 Å². The maximum Gasteiger partial charge on any atom is 0.0636 e. The quantitative estimate of drug-likeness (QED) is 0.637. The van der Waals surface area contributed by atoms with E-state index in [9.17, 15) is 0 Å². The van der Waals surface area contributed by atoms with E-state index in [1.807, 2.05) is 11.8 Å². The van der Waals surface area contributed by atoms with Crippen molar-refractivity contribution in [3.63, 3.8) is 0 Å². The van der Waals surface area contributed by atoms with Crippen LogP contribution in [0.2, 0.25) is 0 Å². The first-order valence-corrected chi connectivity index (χ1v) is 5.46. The van der Waals surface area contributed by atoms with E-state index in [-0.39, 0.29) is 6.10 Å². The molecule has 3 heteroatoms. The number of hydrogen-bond acceptors (Lipinski definition) is 3.